The number of rotatable bonds is 1. The van der Waals surface area contributed by atoms with Crippen LogP contribution in [0, 0.1) is 42.4 Å². The summed E-state index contributed by atoms with van der Waals surface area (Å²) < 4.78 is 0. The summed E-state index contributed by atoms with van der Waals surface area (Å²) in [6.07, 6.45) is 12.5. The van der Waals surface area contributed by atoms with Crippen molar-refractivity contribution < 1.29 is 9.90 Å². The van der Waals surface area contributed by atoms with Crippen molar-refractivity contribution in [1.29, 1.82) is 0 Å². The standard InChI is InChI=1S/C11H12O2/c1-3-8-5-9(4-2)7-10(6-8)11(12)13/h1-2,8-10H,5-7H2,(H,12,13). The van der Waals surface area contributed by atoms with Crippen molar-refractivity contribution in [1.82, 2.24) is 0 Å². The second-order valence-corrected chi connectivity index (χ2v) is 3.47. The molecule has 0 radical (unpaired) electrons. The molecule has 13 heavy (non-hydrogen) atoms. The Balaban J connectivity index is 2.67. The van der Waals surface area contributed by atoms with Crippen molar-refractivity contribution in [3.63, 3.8) is 0 Å². The first kappa shape index (κ1) is 9.68. The molecule has 0 spiro atoms. The Labute approximate surface area is 78.3 Å². The zero-order valence-electron chi connectivity index (χ0n) is 7.36. The van der Waals surface area contributed by atoms with E-state index >= 15 is 0 Å². The molecule has 1 fully saturated rings. The number of terminal acetylenes is 2. The van der Waals surface area contributed by atoms with Gasteiger partial charge in [-0.15, -0.1) is 24.7 Å². The van der Waals surface area contributed by atoms with E-state index in [2.05, 4.69) is 11.8 Å². The first-order valence-electron chi connectivity index (χ1n) is 4.32. The van der Waals surface area contributed by atoms with Crippen LogP contribution in [0.1, 0.15) is 19.3 Å². The molecule has 0 aromatic rings. The quantitative estimate of drug-likeness (QED) is 0.613. The second kappa shape index (κ2) is 4.01. The van der Waals surface area contributed by atoms with Gasteiger partial charge in [0.05, 0.1) is 5.92 Å². The van der Waals surface area contributed by atoms with Gasteiger partial charge in [-0.2, -0.15) is 0 Å². The highest BCUT2D eigenvalue weighted by Crippen LogP contribution is 2.32. The molecule has 0 saturated heterocycles. The van der Waals surface area contributed by atoms with Gasteiger partial charge in [-0.05, 0) is 19.3 Å². The first-order chi connectivity index (χ1) is 6.17. The van der Waals surface area contributed by atoms with Gasteiger partial charge >= 0.3 is 5.97 Å². The van der Waals surface area contributed by atoms with Gasteiger partial charge in [0.15, 0.2) is 0 Å². The summed E-state index contributed by atoms with van der Waals surface area (Å²) in [5, 5.41) is 8.83. The van der Waals surface area contributed by atoms with Crippen LogP contribution < -0.4 is 0 Å². The van der Waals surface area contributed by atoms with E-state index in [0.717, 1.165) is 6.42 Å². The van der Waals surface area contributed by atoms with Gasteiger partial charge in [-0.3, -0.25) is 4.79 Å². The molecule has 2 unspecified atom stereocenters. The van der Waals surface area contributed by atoms with E-state index in [4.69, 9.17) is 18.0 Å². The van der Waals surface area contributed by atoms with Crippen LogP contribution in [0.5, 0.6) is 0 Å². The molecular weight excluding hydrogens is 164 g/mol. The number of hydrogen-bond acceptors (Lipinski definition) is 1. The summed E-state index contributed by atoms with van der Waals surface area (Å²) in [6.45, 7) is 0. The highest BCUT2D eigenvalue weighted by atomic mass is 16.4. The molecule has 1 N–H and O–H groups in total. The fraction of sp³-hybridized carbons (Fsp3) is 0.545. The predicted octanol–water partition coefficient (Wildman–Crippen LogP) is 1.37. The number of carboxylic acids is 1. The SMILES string of the molecule is C#CC1CC(C#C)CC(C(=O)O)C1. The summed E-state index contributed by atoms with van der Waals surface area (Å²) in [4.78, 5) is 10.7. The summed E-state index contributed by atoms with van der Waals surface area (Å²) in [5.74, 6) is 4.14. The van der Waals surface area contributed by atoms with Gasteiger partial charge in [0, 0.05) is 11.8 Å². The summed E-state index contributed by atoms with van der Waals surface area (Å²) >= 11 is 0. The average Bonchev–Trinajstić information content (AvgIpc) is 2.16. The molecule has 1 saturated carbocycles. The first-order valence-corrected chi connectivity index (χ1v) is 4.32. The molecule has 68 valence electrons. The lowest BCUT2D eigenvalue weighted by Crippen LogP contribution is -2.26. The minimum Gasteiger partial charge on any atom is -0.481 e. The van der Waals surface area contributed by atoms with Crippen LogP contribution in [0.3, 0.4) is 0 Å². The maximum absolute atomic E-state index is 10.7. The molecule has 0 amide bonds. The normalized spacial score (nSPS) is 32.9. The van der Waals surface area contributed by atoms with Crippen molar-refractivity contribution in [2.45, 2.75) is 19.3 Å². The molecule has 1 aliphatic rings. The van der Waals surface area contributed by atoms with E-state index in [0.29, 0.717) is 12.8 Å². The molecule has 2 atom stereocenters. The van der Waals surface area contributed by atoms with Crippen LogP contribution in [0.25, 0.3) is 0 Å². The van der Waals surface area contributed by atoms with Crippen molar-refractivity contribution in [3.8, 4) is 24.7 Å². The maximum Gasteiger partial charge on any atom is 0.306 e. The van der Waals surface area contributed by atoms with Gasteiger partial charge < -0.3 is 5.11 Å². The molecule has 0 heterocycles. The largest absolute Gasteiger partial charge is 0.481 e. The number of hydrogen-bond donors (Lipinski definition) is 1. The Morgan fingerprint density at radius 1 is 1.15 bits per heavy atom. The molecule has 0 bridgehead atoms. The molecule has 0 aromatic heterocycles. The van der Waals surface area contributed by atoms with Gasteiger partial charge in [0.1, 0.15) is 0 Å². The lowest BCUT2D eigenvalue weighted by Gasteiger charge is -2.27. The van der Waals surface area contributed by atoms with Crippen LogP contribution in [-0.2, 0) is 4.79 Å². The Hall–Kier alpha value is -1.41. The predicted molar refractivity (Wildman–Crippen MR) is 49.6 cm³/mol. The second-order valence-electron chi connectivity index (χ2n) is 3.47. The minimum atomic E-state index is -0.778. The van der Waals surface area contributed by atoms with Crippen LogP contribution in [0.2, 0.25) is 0 Å². The fourth-order valence-electron chi connectivity index (χ4n) is 1.79. The Morgan fingerprint density at radius 3 is 1.92 bits per heavy atom. The molecular formula is C11H12O2. The van der Waals surface area contributed by atoms with Crippen molar-refractivity contribution in [3.05, 3.63) is 0 Å². The monoisotopic (exact) mass is 176 g/mol. The zero-order chi connectivity index (χ0) is 9.84. The molecule has 2 nitrogen and oxygen atoms in total. The van der Waals surface area contributed by atoms with Gasteiger partial charge in [0.2, 0.25) is 0 Å². The summed E-state index contributed by atoms with van der Waals surface area (Å²) in [6, 6.07) is 0. The number of carboxylic acid groups (broad SMARTS) is 1. The highest BCUT2D eigenvalue weighted by molar-refractivity contribution is 5.70. The number of carbonyl (C=O) groups is 1. The van der Waals surface area contributed by atoms with Gasteiger partial charge in [-0.1, -0.05) is 0 Å². The van der Waals surface area contributed by atoms with Crippen LogP contribution in [0.15, 0.2) is 0 Å². The Kier molecular flexibility index (Phi) is 2.98. The fourth-order valence-corrected chi connectivity index (χ4v) is 1.79. The summed E-state index contributed by atoms with van der Waals surface area (Å²) in [7, 11) is 0. The van der Waals surface area contributed by atoms with Crippen molar-refractivity contribution >= 4 is 5.97 Å². The van der Waals surface area contributed by atoms with Crippen molar-refractivity contribution in [2.24, 2.45) is 17.8 Å². The Morgan fingerprint density at radius 2 is 1.62 bits per heavy atom. The van der Waals surface area contributed by atoms with E-state index in [1.54, 1.807) is 0 Å². The third kappa shape index (κ3) is 2.26. The third-order valence-electron chi connectivity index (χ3n) is 2.53. The minimum absolute atomic E-state index is 0.0379. The third-order valence-corrected chi connectivity index (χ3v) is 2.53. The van der Waals surface area contributed by atoms with Crippen molar-refractivity contribution in [2.75, 3.05) is 0 Å². The van der Waals surface area contributed by atoms with Gasteiger partial charge in [-0.25, -0.2) is 0 Å². The zero-order valence-corrected chi connectivity index (χ0v) is 7.36. The smallest absolute Gasteiger partial charge is 0.306 e. The van der Waals surface area contributed by atoms with Crippen LogP contribution in [0.4, 0.5) is 0 Å². The molecule has 1 rings (SSSR count). The topological polar surface area (TPSA) is 37.3 Å². The highest BCUT2D eigenvalue weighted by Gasteiger charge is 2.30. The summed E-state index contributed by atoms with van der Waals surface area (Å²) in [5.41, 5.74) is 0. The number of aliphatic carboxylic acids is 1. The molecule has 1 aliphatic carbocycles. The average molecular weight is 176 g/mol. The van der Waals surface area contributed by atoms with Crippen LogP contribution in [-0.4, -0.2) is 11.1 Å². The molecule has 2 heteroatoms. The maximum atomic E-state index is 10.7. The van der Waals surface area contributed by atoms with E-state index in [9.17, 15) is 4.79 Å². The Bertz CT molecular complexity index is 257. The van der Waals surface area contributed by atoms with Crippen LogP contribution >= 0.6 is 0 Å². The van der Waals surface area contributed by atoms with E-state index < -0.39 is 5.97 Å². The van der Waals surface area contributed by atoms with E-state index in [1.165, 1.54) is 0 Å². The van der Waals surface area contributed by atoms with E-state index in [-0.39, 0.29) is 17.8 Å². The molecule has 0 aliphatic heterocycles. The van der Waals surface area contributed by atoms with E-state index in [1.807, 2.05) is 0 Å². The lowest BCUT2D eigenvalue weighted by atomic mass is 9.76. The van der Waals surface area contributed by atoms with Gasteiger partial charge in [0.25, 0.3) is 0 Å². The molecule has 0 aromatic carbocycles. The lowest BCUT2D eigenvalue weighted by molar-refractivity contribution is -0.143.